The van der Waals surface area contributed by atoms with Crippen molar-refractivity contribution >= 4 is 26.7 Å². The van der Waals surface area contributed by atoms with Gasteiger partial charge in [-0.25, -0.2) is 0 Å². The highest BCUT2D eigenvalue weighted by Gasteiger charge is 2.09. The fraction of sp³-hybridized carbons (Fsp3) is 0.500. The van der Waals surface area contributed by atoms with E-state index in [1.54, 1.807) is 0 Å². The van der Waals surface area contributed by atoms with Crippen LogP contribution in [0.25, 0.3) is 0 Å². The van der Waals surface area contributed by atoms with E-state index in [2.05, 4.69) is 35.1 Å². The summed E-state index contributed by atoms with van der Waals surface area (Å²) >= 11 is 3.43. The van der Waals surface area contributed by atoms with Crippen molar-refractivity contribution in [1.29, 1.82) is 0 Å². The number of hydrogen-bond donors (Lipinski definition) is 1. The Labute approximate surface area is 108 Å². The van der Waals surface area contributed by atoms with Crippen LogP contribution in [-0.4, -0.2) is 22.5 Å². The van der Waals surface area contributed by atoms with Crippen molar-refractivity contribution in [3.05, 3.63) is 28.7 Å². The van der Waals surface area contributed by atoms with Gasteiger partial charge in [0.15, 0.2) is 0 Å². The van der Waals surface area contributed by atoms with Crippen molar-refractivity contribution in [2.75, 3.05) is 12.3 Å². The Balaban J connectivity index is 2.50. The Morgan fingerprint density at radius 1 is 1.44 bits per heavy atom. The summed E-state index contributed by atoms with van der Waals surface area (Å²) in [4.78, 5) is 0.895. The molecule has 16 heavy (non-hydrogen) atoms. The second-order valence-electron chi connectivity index (χ2n) is 3.73. The zero-order chi connectivity index (χ0) is 12.0. The van der Waals surface area contributed by atoms with Gasteiger partial charge in [-0.2, -0.15) is 0 Å². The third-order valence-electron chi connectivity index (χ3n) is 2.37. The van der Waals surface area contributed by atoms with Gasteiger partial charge in [0.05, 0.1) is 15.7 Å². The van der Waals surface area contributed by atoms with Gasteiger partial charge in [0, 0.05) is 16.3 Å². The summed E-state index contributed by atoms with van der Waals surface area (Å²) in [6.45, 7) is 5.17. The lowest BCUT2D eigenvalue weighted by Crippen LogP contribution is -2.27. The fourth-order valence-corrected chi connectivity index (χ4v) is 3.60. The first kappa shape index (κ1) is 13.9. The van der Waals surface area contributed by atoms with E-state index in [9.17, 15) is 4.21 Å². The summed E-state index contributed by atoms with van der Waals surface area (Å²) in [6, 6.07) is 8.13. The van der Waals surface area contributed by atoms with Gasteiger partial charge in [0.2, 0.25) is 0 Å². The van der Waals surface area contributed by atoms with E-state index in [0.29, 0.717) is 11.8 Å². The van der Waals surface area contributed by atoms with Crippen LogP contribution in [0, 0.1) is 0 Å². The Morgan fingerprint density at radius 2 is 2.12 bits per heavy atom. The standard InChI is InChI=1S/C12H18BrNOS/c1-3-14-10(2)8-9-16(15)12-7-5-4-6-11(12)13/h4-7,10,14H,3,8-9H2,1-2H3. The Kier molecular flexibility index (Phi) is 6.24. The quantitative estimate of drug-likeness (QED) is 0.875. The molecule has 4 heteroatoms. The van der Waals surface area contributed by atoms with Crippen LogP contribution in [0.4, 0.5) is 0 Å². The largest absolute Gasteiger partial charge is 0.315 e. The minimum absolute atomic E-state index is 0.427. The molecule has 0 aliphatic heterocycles. The molecule has 0 aliphatic rings. The first-order valence-corrected chi connectivity index (χ1v) is 7.62. The molecule has 1 aromatic rings. The van der Waals surface area contributed by atoms with Crippen LogP contribution in [0.1, 0.15) is 20.3 Å². The van der Waals surface area contributed by atoms with Crippen LogP contribution >= 0.6 is 15.9 Å². The molecule has 0 bridgehead atoms. The van der Waals surface area contributed by atoms with E-state index >= 15 is 0 Å². The molecular formula is C12H18BrNOS. The maximum atomic E-state index is 12.0. The number of rotatable bonds is 6. The van der Waals surface area contributed by atoms with Crippen LogP contribution in [0.2, 0.25) is 0 Å². The summed E-state index contributed by atoms with van der Waals surface area (Å²) in [6.07, 6.45) is 0.932. The molecule has 1 rings (SSSR count). The summed E-state index contributed by atoms with van der Waals surface area (Å²) < 4.78 is 13.0. The third kappa shape index (κ3) is 4.36. The van der Waals surface area contributed by atoms with Crippen molar-refractivity contribution in [3.63, 3.8) is 0 Å². The molecule has 0 fully saturated rings. The molecule has 0 saturated heterocycles. The predicted molar refractivity (Wildman–Crippen MR) is 73.2 cm³/mol. The summed E-state index contributed by atoms with van der Waals surface area (Å²) in [5.74, 6) is 0.705. The molecule has 0 heterocycles. The summed E-state index contributed by atoms with van der Waals surface area (Å²) in [5, 5.41) is 3.32. The van der Waals surface area contributed by atoms with Crippen molar-refractivity contribution < 1.29 is 4.21 Å². The lowest BCUT2D eigenvalue weighted by molar-refractivity contribution is 0.553. The van der Waals surface area contributed by atoms with E-state index in [1.807, 2.05) is 24.3 Å². The van der Waals surface area contributed by atoms with Crippen LogP contribution in [0.3, 0.4) is 0 Å². The number of nitrogens with one attached hydrogen (secondary N) is 1. The molecular weight excluding hydrogens is 286 g/mol. The average molecular weight is 304 g/mol. The maximum absolute atomic E-state index is 12.0. The molecule has 90 valence electrons. The minimum Gasteiger partial charge on any atom is -0.315 e. The van der Waals surface area contributed by atoms with Gasteiger partial charge in [-0.3, -0.25) is 4.21 Å². The number of hydrogen-bond acceptors (Lipinski definition) is 2. The topological polar surface area (TPSA) is 29.1 Å². The van der Waals surface area contributed by atoms with Gasteiger partial charge in [0.25, 0.3) is 0 Å². The minimum atomic E-state index is -0.906. The first-order valence-electron chi connectivity index (χ1n) is 5.51. The highest BCUT2D eigenvalue weighted by molar-refractivity contribution is 9.10. The molecule has 0 spiro atoms. The second-order valence-corrected chi connectivity index (χ2v) is 6.12. The van der Waals surface area contributed by atoms with Gasteiger partial charge in [0.1, 0.15) is 0 Å². The monoisotopic (exact) mass is 303 g/mol. The molecule has 2 unspecified atom stereocenters. The number of benzene rings is 1. The zero-order valence-corrected chi connectivity index (χ0v) is 12.1. The van der Waals surface area contributed by atoms with Crippen molar-refractivity contribution in [2.24, 2.45) is 0 Å². The van der Waals surface area contributed by atoms with Gasteiger partial charge < -0.3 is 5.32 Å². The molecule has 0 aromatic heterocycles. The fourth-order valence-electron chi connectivity index (χ4n) is 1.47. The highest BCUT2D eigenvalue weighted by atomic mass is 79.9. The Hall–Kier alpha value is -0.190. The third-order valence-corrected chi connectivity index (χ3v) is 4.78. The summed E-state index contributed by atoms with van der Waals surface area (Å²) in [7, 11) is -0.906. The van der Waals surface area contributed by atoms with Crippen LogP contribution in [-0.2, 0) is 10.8 Å². The molecule has 2 atom stereocenters. The van der Waals surface area contributed by atoms with E-state index in [0.717, 1.165) is 22.3 Å². The molecule has 0 amide bonds. The van der Waals surface area contributed by atoms with E-state index in [1.165, 1.54) is 0 Å². The van der Waals surface area contributed by atoms with E-state index < -0.39 is 10.8 Å². The van der Waals surface area contributed by atoms with E-state index in [4.69, 9.17) is 0 Å². The number of halogens is 1. The zero-order valence-electron chi connectivity index (χ0n) is 9.70. The molecule has 0 aliphatic carbocycles. The Bertz CT molecular complexity index is 357. The second kappa shape index (κ2) is 7.20. The molecule has 1 N–H and O–H groups in total. The smallest absolute Gasteiger partial charge is 0.0541 e. The SMILES string of the molecule is CCNC(C)CCS(=O)c1ccccc1Br. The van der Waals surface area contributed by atoms with Crippen LogP contribution in [0.5, 0.6) is 0 Å². The lowest BCUT2D eigenvalue weighted by Gasteiger charge is -2.11. The first-order chi connectivity index (χ1) is 7.65. The highest BCUT2D eigenvalue weighted by Crippen LogP contribution is 2.20. The normalized spacial score (nSPS) is 14.7. The van der Waals surface area contributed by atoms with Gasteiger partial charge in [-0.1, -0.05) is 19.1 Å². The average Bonchev–Trinajstić information content (AvgIpc) is 2.27. The van der Waals surface area contributed by atoms with Gasteiger partial charge >= 0.3 is 0 Å². The Morgan fingerprint density at radius 3 is 2.75 bits per heavy atom. The predicted octanol–water partition coefficient (Wildman–Crippen LogP) is 2.94. The molecule has 1 aromatic carbocycles. The van der Waals surface area contributed by atoms with Crippen LogP contribution in [0.15, 0.2) is 33.6 Å². The van der Waals surface area contributed by atoms with Gasteiger partial charge in [-0.05, 0) is 48.0 Å². The van der Waals surface area contributed by atoms with Crippen molar-refractivity contribution in [3.8, 4) is 0 Å². The maximum Gasteiger partial charge on any atom is 0.0541 e. The molecule has 2 nitrogen and oxygen atoms in total. The van der Waals surface area contributed by atoms with Gasteiger partial charge in [-0.15, -0.1) is 0 Å². The molecule has 0 radical (unpaired) electrons. The molecule has 0 saturated carbocycles. The van der Waals surface area contributed by atoms with Crippen molar-refractivity contribution in [2.45, 2.75) is 31.2 Å². The van der Waals surface area contributed by atoms with Crippen molar-refractivity contribution in [1.82, 2.24) is 5.32 Å². The van der Waals surface area contributed by atoms with Crippen LogP contribution < -0.4 is 5.32 Å². The lowest BCUT2D eigenvalue weighted by atomic mass is 10.3. The summed E-state index contributed by atoms with van der Waals surface area (Å²) in [5.41, 5.74) is 0. The van der Waals surface area contributed by atoms with E-state index in [-0.39, 0.29) is 0 Å².